The van der Waals surface area contributed by atoms with E-state index >= 15 is 0 Å². The van der Waals surface area contributed by atoms with E-state index in [-0.39, 0.29) is 5.57 Å². The second kappa shape index (κ2) is 8.43. The molecule has 0 fully saturated rings. The summed E-state index contributed by atoms with van der Waals surface area (Å²) in [5.74, 6) is -0.470. The van der Waals surface area contributed by atoms with Gasteiger partial charge >= 0.3 is 0 Å². The number of amides is 1. The fraction of sp³-hybridized carbons (Fsp3) is 0.143. The van der Waals surface area contributed by atoms with Gasteiger partial charge in [0.05, 0.1) is 0 Å². The van der Waals surface area contributed by atoms with E-state index in [0.29, 0.717) is 17.3 Å². The lowest BCUT2D eigenvalue weighted by Gasteiger charge is -2.08. The normalized spacial score (nSPS) is 11.2. The van der Waals surface area contributed by atoms with Gasteiger partial charge < -0.3 is 15.6 Å². The standard InChI is InChI=1S/C21H19ClN4O/c1-14-6-7-17(22)10-20(14)26-21(27)16(11-23)12-24-9-8-15-13-25-19-5-3-2-4-18(15)19/h2-7,10,12-13,24-25H,8-9H2,1H3,(H,26,27)/b16-12-. The largest absolute Gasteiger partial charge is 0.389 e. The lowest BCUT2D eigenvalue weighted by Crippen LogP contribution is -2.18. The Bertz CT molecular complexity index is 1050. The molecule has 0 spiro atoms. The highest BCUT2D eigenvalue weighted by Gasteiger charge is 2.11. The maximum absolute atomic E-state index is 12.3. The molecule has 0 aliphatic rings. The Morgan fingerprint density at radius 2 is 2.11 bits per heavy atom. The molecule has 6 heteroatoms. The Balaban J connectivity index is 1.60. The summed E-state index contributed by atoms with van der Waals surface area (Å²) in [6.45, 7) is 2.47. The SMILES string of the molecule is Cc1ccc(Cl)cc1NC(=O)/C(C#N)=C\NCCc1c[nH]c2ccccc12. The van der Waals surface area contributed by atoms with Crippen molar-refractivity contribution in [1.29, 1.82) is 5.26 Å². The first-order valence-corrected chi connectivity index (χ1v) is 8.92. The van der Waals surface area contributed by atoms with Crippen molar-refractivity contribution in [2.24, 2.45) is 0 Å². The molecule has 0 radical (unpaired) electrons. The summed E-state index contributed by atoms with van der Waals surface area (Å²) >= 11 is 5.96. The molecule has 27 heavy (non-hydrogen) atoms. The lowest BCUT2D eigenvalue weighted by atomic mass is 10.1. The molecule has 5 nitrogen and oxygen atoms in total. The molecule has 3 N–H and O–H groups in total. The summed E-state index contributed by atoms with van der Waals surface area (Å²) < 4.78 is 0. The third-order valence-corrected chi connectivity index (χ3v) is 4.51. The highest BCUT2D eigenvalue weighted by molar-refractivity contribution is 6.31. The molecule has 0 saturated heterocycles. The van der Waals surface area contributed by atoms with Crippen LogP contribution in [0.1, 0.15) is 11.1 Å². The van der Waals surface area contributed by atoms with E-state index in [1.165, 1.54) is 17.1 Å². The first-order valence-electron chi connectivity index (χ1n) is 8.54. The van der Waals surface area contributed by atoms with Crippen LogP contribution in [0.4, 0.5) is 5.69 Å². The van der Waals surface area contributed by atoms with E-state index in [2.05, 4.69) is 21.7 Å². The maximum Gasteiger partial charge on any atom is 0.267 e. The number of nitrogens with one attached hydrogen (secondary N) is 3. The van der Waals surface area contributed by atoms with E-state index in [1.54, 1.807) is 12.1 Å². The first kappa shape index (κ1) is 18.6. The van der Waals surface area contributed by atoms with E-state index in [1.807, 2.05) is 43.5 Å². The van der Waals surface area contributed by atoms with Gasteiger partial charge in [-0.2, -0.15) is 5.26 Å². The van der Waals surface area contributed by atoms with Crippen LogP contribution in [-0.2, 0) is 11.2 Å². The number of para-hydroxylation sites is 1. The fourth-order valence-electron chi connectivity index (χ4n) is 2.79. The summed E-state index contributed by atoms with van der Waals surface area (Å²) in [4.78, 5) is 15.5. The molecule has 136 valence electrons. The summed E-state index contributed by atoms with van der Waals surface area (Å²) in [5, 5.41) is 16.7. The predicted molar refractivity (Wildman–Crippen MR) is 109 cm³/mol. The Morgan fingerprint density at radius 3 is 2.93 bits per heavy atom. The lowest BCUT2D eigenvalue weighted by molar-refractivity contribution is -0.112. The third kappa shape index (κ3) is 4.49. The Morgan fingerprint density at radius 1 is 1.30 bits per heavy atom. The van der Waals surface area contributed by atoms with E-state index in [9.17, 15) is 10.1 Å². The molecule has 3 rings (SSSR count). The van der Waals surface area contributed by atoms with Gasteiger partial charge in [0.2, 0.25) is 0 Å². The van der Waals surface area contributed by atoms with Crippen LogP contribution in [0, 0.1) is 18.3 Å². The molecule has 2 aromatic carbocycles. The van der Waals surface area contributed by atoms with Crippen LogP contribution in [0.5, 0.6) is 0 Å². The topological polar surface area (TPSA) is 80.7 Å². The van der Waals surface area contributed by atoms with Crippen molar-refractivity contribution in [1.82, 2.24) is 10.3 Å². The predicted octanol–water partition coefficient (Wildman–Crippen LogP) is 4.31. The zero-order chi connectivity index (χ0) is 19.2. The molecule has 0 atom stereocenters. The molecular weight excluding hydrogens is 360 g/mol. The third-order valence-electron chi connectivity index (χ3n) is 4.27. The zero-order valence-corrected chi connectivity index (χ0v) is 15.6. The summed E-state index contributed by atoms with van der Waals surface area (Å²) in [5.41, 5.74) is 3.75. The maximum atomic E-state index is 12.3. The van der Waals surface area contributed by atoms with Crippen molar-refractivity contribution in [3.8, 4) is 6.07 Å². The average Bonchev–Trinajstić information content (AvgIpc) is 3.08. The van der Waals surface area contributed by atoms with Gasteiger partial charge in [-0.25, -0.2) is 0 Å². The number of aryl methyl sites for hydroxylation is 1. The first-order chi connectivity index (χ1) is 13.1. The molecule has 0 aliphatic heterocycles. The van der Waals surface area contributed by atoms with Gasteiger partial charge in [-0.15, -0.1) is 0 Å². The minimum atomic E-state index is -0.470. The number of H-pyrrole nitrogens is 1. The zero-order valence-electron chi connectivity index (χ0n) is 14.8. The second-order valence-corrected chi connectivity index (χ2v) is 6.58. The van der Waals surface area contributed by atoms with Crippen LogP contribution >= 0.6 is 11.6 Å². The van der Waals surface area contributed by atoms with Crippen LogP contribution in [0.15, 0.2) is 60.4 Å². The van der Waals surface area contributed by atoms with Crippen molar-refractivity contribution in [2.45, 2.75) is 13.3 Å². The van der Waals surface area contributed by atoms with Gasteiger partial charge in [0.15, 0.2) is 0 Å². The summed E-state index contributed by atoms with van der Waals surface area (Å²) in [6, 6.07) is 15.2. The number of hydrogen-bond acceptors (Lipinski definition) is 3. The van der Waals surface area contributed by atoms with Gasteiger partial charge in [0, 0.05) is 40.6 Å². The van der Waals surface area contributed by atoms with Crippen LogP contribution in [0.3, 0.4) is 0 Å². The number of nitrogens with zero attached hydrogens (tertiary/aromatic N) is 1. The molecule has 0 bridgehead atoms. The molecule has 0 saturated carbocycles. The van der Waals surface area contributed by atoms with Gasteiger partial charge in [-0.1, -0.05) is 35.9 Å². The Hall–Kier alpha value is -3.23. The number of rotatable bonds is 6. The summed E-state index contributed by atoms with van der Waals surface area (Å²) in [7, 11) is 0. The van der Waals surface area contributed by atoms with Crippen LogP contribution in [0.2, 0.25) is 5.02 Å². The van der Waals surface area contributed by atoms with E-state index in [0.717, 1.165) is 17.5 Å². The van der Waals surface area contributed by atoms with Crippen molar-refractivity contribution < 1.29 is 4.79 Å². The van der Waals surface area contributed by atoms with Crippen LogP contribution < -0.4 is 10.6 Å². The number of hydrogen-bond donors (Lipinski definition) is 3. The van der Waals surface area contributed by atoms with Gasteiger partial charge in [0.25, 0.3) is 5.91 Å². The van der Waals surface area contributed by atoms with E-state index in [4.69, 9.17) is 11.6 Å². The number of nitriles is 1. The Labute approximate surface area is 162 Å². The van der Waals surface area contributed by atoms with Crippen molar-refractivity contribution >= 4 is 34.1 Å². The van der Waals surface area contributed by atoms with Crippen LogP contribution in [0.25, 0.3) is 10.9 Å². The van der Waals surface area contributed by atoms with Gasteiger partial charge in [-0.05, 0) is 42.7 Å². The summed E-state index contributed by atoms with van der Waals surface area (Å²) in [6.07, 6.45) is 4.20. The van der Waals surface area contributed by atoms with Crippen molar-refractivity contribution in [3.63, 3.8) is 0 Å². The van der Waals surface area contributed by atoms with Crippen molar-refractivity contribution in [2.75, 3.05) is 11.9 Å². The number of carbonyl (C=O) groups excluding carboxylic acids is 1. The van der Waals surface area contributed by atoms with E-state index < -0.39 is 5.91 Å². The molecular formula is C21H19ClN4O. The average molecular weight is 379 g/mol. The number of halogens is 1. The van der Waals surface area contributed by atoms with Crippen LogP contribution in [-0.4, -0.2) is 17.4 Å². The smallest absolute Gasteiger partial charge is 0.267 e. The fourth-order valence-corrected chi connectivity index (χ4v) is 2.96. The second-order valence-electron chi connectivity index (χ2n) is 6.15. The minimum Gasteiger partial charge on any atom is -0.389 e. The highest BCUT2D eigenvalue weighted by atomic mass is 35.5. The quantitative estimate of drug-likeness (QED) is 0.339. The molecule has 1 amide bonds. The molecule has 3 aromatic rings. The number of carbonyl (C=O) groups is 1. The Kier molecular flexibility index (Phi) is 5.80. The highest BCUT2D eigenvalue weighted by Crippen LogP contribution is 2.21. The number of aromatic nitrogens is 1. The van der Waals surface area contributed by atoms with Gasteiger partial charge in [-0.3, -0.25) is 4.79 Å². The number of fused-ring (bicyclic) bond motifs is 1. The minimum absolute atomic E-state index is 0.00769. The number of benzene rings is 2. The molecule has 1 aromatic heterocycles. The monoisotopic (exact) mass is 378 g/mol. The number of aromatic amines is 1. The molecule has 0 aliphatic carbocycles. The number of anilines is 1. The molecule has 0 unspecified atom stereocenters. The van der Waals surface area contributed by atoms with Crippen molar-refractivity contribution in [3.05, 3.63) is 76.6 Å². The van der Waals surface area contributed by atoms with Gasteiger partial charge in [0.1, 0.15) is 11.6 Å². The molecule has 1 heterocycles.